The summed E-state index contributed by atoms with van der Waals surface area (Å²) in [4.78, 5) is 30.8. The number of hydrogen-bond donors (Lipinski definition) is 1. The van der Waals surface area contributed by atoms with E-state index in [-0.39, 0.29) is 11.8 Å². The molecule has 1 fully saturated rings. The van der Waals surface area contributed by atoms with Crippen LogP contribution in [0.15, 0.2) is 18.5 Å². The summed E-state index contributed by atoms with van der Waals surface area (Å²) in [5.74, 6) is 0.159. The van der Waals surface area contributed by atoms with Crippen LogP contribution in [0.1, 0.15) is 13.3 Å². The van der Waals surface area contributed by atoms with E-state index in [1.807, 2.05) is 0 Å². The molecule has 6 nitrogen and oxygen atoms in total. The Kier molecular flexibility index (Phi) is 5.38. The zero-order valence-corrected chi connectivity index (χ0v) is 12.8. The number of aromatic nitrogens is 1. The summed E-state index contributed by atoms with van der Waals surface area (Å²) in [6.07, 6.45) is 3.61. The van der Waals surface area contributed by atoms with Gasteiger partial charge in [0, 0.05) is 58.5 Å². The minimum atomic E-state index is 0.0658. The Morgan fingerprint density at radius 3 is 2.57 bits per heavy atom. The SMILES string of the molecule is CC(=O)N1CCN(C(=O)CCNc2ccncc2Cl)CC1. The van der Waals surface area contributed by atoms with Gasteiger partial charge in [0.15, 0.2) is 0 Å². The molecular weight excluding hydrogens is 292 g/mol. The highest BCUT2D eigenvalue weighted by Crippen LogP contribution is 2.18. The van der Waals surface area contributed by atoms with Crippen molar-refractivity contribution in [3.63, 3.8) is 0 Å². The molecule has 1 aliphatic heterocycles. The third kappa shape index (κ3) is 4.32. The number of halogens is 1. The van der Waals surface area contributed by atoms with Crippen molar-refractivity contribution in [2.45, 2.75) is 13.3 Å². The second-order valence-corrected chi connectivity index (χ2v) is 5.33. The van der Waals surface area contributed by atoms with Crippen molar-refractivity contribution in [3.8, 4) is 0 Å². The summed E-state index contributed by atoms with van der Waals surface area (Å²) in [6, 6.07) is 1.78. The van der Waals surface area contributed by atoms with E-state index in [9.17, 15) is 9.59 Å². The maximum atomic E-state index is 12.1. The summed E-state index contributed by atoms with van der Waals surface area (Å²) in [6.45, 7) is 4.52. The van der Waals surface area contributed by atoms with Crippen LogP contribution in [0.2, 0.25) is 5.02 Å². The fraction of sp³-hybridized carbons (Fsp3) is 0.500. The van der Waals surface area contributed by atoms with Gasteiger partial charge < -0.3 is 15.1 Å². The molecule has 1 aliphatic rings. The molecule has 21 heavy (non-hydrogen) atoms. The van der Waals surface area contributed by atoms with Gasteiger partial charge in [-0.15, -0.1) is 0 Å². The van der Waals surface area contributed by atoms with E-state index in [0.29, 0.717) is 44.2 Å². The van der Waals surface area contributed by atoms with Crippen LogP contribution < -0.4 is 5.32 Å². The van der Waals surface area contributed by atoms with E-state index < -0.39 is 0 Å². The van der Waals surface area contributed by atoms with E-state index in [1.54, 1.807) is 35.2 Å². The summed E-state index contributed by atoms with van der Waals surface area (Å²) >= 11 is 5.98. The van der Waals surface area contributed by atoms with E-state index >= 15 is 0 Å². The number of nitrogens with zero attached hydrogens (tertiary/aromatic N) is 3. The highest BCUT2D eigenvalue weighted by atomic mass is 35.5. The Bertz CT molecular complexity index is 515. The van der Waals surface area contributed by atoms with Crippen molar-refractivity contribution in [1.29, 1.82) is 0 Å². The Morgan fingerprint density at radius 1 is 1.29 bits per heavy atom. The van der Waals surface area contributed by atoms with Gasteiger partial charge in [-0.05, 0) is 6.07 Å². The highest BCUT2D eigenvalue weighted by molar-refractivity contribution is 6.33. The quantitative estimate of drug-likeness (QED) is 0.908. The van der Waals surface area contributed by atoms with Crippen LogP contribution in [0.4, 0.5) is 5.69 Å². The summed E-state index contributed by atoms with van der Waals surface area (Å²) in [7, 11) is 0. The first-order chi connectivity index (χ1) is 10.1. The second kappa shape index (κ2) is 7.26. The molecule has 0 spiro atoms. The molecule has 2 heterocycles. The zero-order valence-electron chi connectivity index (χ0n) is 12.0. The maximum absolute atomic E-state index is 12.1. The molecule has 7 heteroatoms. The Balaban J connectivity index is 1.73. The van der Waals surface area contributed by atoms with Crippen LogP contribution in [0.25, 0.3) is 0 Å². The Morgan fingerprint density at radius 2 is 1.95 bits per heavy atom. The first-order valence-corrected chi connectivity index (χ1v) is 7.32. The molecule has 0 unspecified atom stereocenters. The van der Waals surface area contributed by atoms with Crippen LogP contribution in [0.5, 0.6) is 0 Å². The number of pyridine rings is 1. The van der Waals surface area contributed by atoms with E-state index in [4.69, 9.17) is 11.6 Å². The number of anilines is 1. The lowest BCUT2D eigenvalue weighted by Crippen LogP contribution is -2.50. The molecule has 0 aromatic carbocycles. The third-order valence-electron chi connectivity index (χ3n) is 3.50. The van der Waals surface area contributed by atoms with Crippen molar-refractivity contribution in [2.24, 2.45) is 0 Å². The molecule has 0 radical (unpaired) electrons. The minimum Gasteiger partial charge on any atom is -0.383 e. The predicted molar refractivity (Wildman–Crippen MR) is 81.2 cm³/mol. The van der Waals surface area contributed by atoms with Crippen molar-refractivity contribution in [3.05, 3.63) is 23.5 Å². The monoisotopic (exact) mass is 310 g/mol. The van der Waals surface area contributed by atoms with Gasteiger partial charge in [-0.3, -0.25) is 14.6 Å². The van der Waals surface area contributed by atoms with Gasteiger partial charge in [0.05, 0.1) is 10.7 Å². The standard InChI is InChI=1S/C14H19ClN4O2/c1-11(20)18-6-8-19(9-7-18)14(21)3-5-17-13-2-4-16-10-12(13)15/h2,4,10H,3,5-9H2,1H3,(H,16,17). The zero-order chi connectivity index (χ0) is 15.2. The molecular formula is C14H19ClN4O2. The largest absolute Gasteiger partial charge is 0.383 e. The Labute approximate surface area is 129 Å². The molecule has 2 rings (SSSR count). The number of piperazine rings is 1. The molecule has 1 saturated heterocycles. The lowest BCUT2D eigenvalue weighted by atomic mass is 10.2. The van der Waals surface area contributed by atoms with Gasteiger partial charge in [0.1, 0.15) is 0 Å². The number of amides is 2. The molecule has 0 saturated carbocycles. The smallest absolute Gasteiger partial charge is 0.224 e. The molecule has 1 N–H and O–H groups in total. The Hall–Kier alpha value is -1.82. The molecule has 0 bridgehead atoms. The van der Waals surface area contributed by atoms with Gasteiger partial charge in [-0.25, -0.2) is 0 Å². The second-order valence-electron chi connectivity index (χ2n) is 4.92. The van der Waals surface area contributed by atoms with Crippen LogP contribution >= 0.6 is 11.6 Å². The van der Waals surface area contributed by atoms with Crippen LogP contribution in [-0.4, -0.2) is 59.3 Å². The summed E-state index contributed by atoms with van der Waals surface area (Å²) < 4.78 is 0. The van der Waals surface area contributed by atoms with Crippen LogP contribution in [0, 0.1) is 0 Å². The van der Waals surface area contributed by atoms with Crippen LogP contribution in [0.3, 0.4) is 0 Å². The average molecular weight is 311 g/mol. The van der Waals surface area contributed by atoms with Crippen LogP contribution in [-0.2, 0) is 9.59 Å². The first-order valence-electron chi connectivity index (χ1n) is 6.94. The van der Waals surface area contributed by atoms with E-state index in [2.05, 4.69) is 10.3 Å². The van der Waals surface area contributed by atoms with Gasteiger partial charge in [0.2, 0.25) is 11.8 Å². The summed E-state index contributed by atoms with van der Waals surface area (Å²) in [5, 5.41) is 3.67. The average Bonchev–Trinajstić information content (AvgIpc) is 2.49. The lowest BCUT2D eigenvalue weighted by Gasteiger charge is -2.34. The highest BCUT2D eigenvalue weighted by Gasteiger charge is 2.21. The molecule has 0 atom stereocenters. The number of carbonyl (C=O) groups excluding carboxylic acids is 2. The molecule has 1 aromatic rings. The third-order valence-corrected chi connectivity index (χ3v) is 3.81. The number of carbonyl (C=O) groups is 2. The molecule has 1 aromatic heterocycles. The number of rotatable bonds is 4. The molecule has 114 valence electrons. The number of nitrogens with one attached hydrogen (secondary N) is 1. The fourth-order valence-corrected chi connectivity index (χ4v) is 2.44. The summed E-state index contributed by atoms with van der Waals surface area (Å²) in [5.41, 5.74) is 0.779. The van der Waals surface area contributed by atoms with Crippen molar-refractivity contribution >= 4 is 29.1 Å². The van der Waals surface area contributed by atoms with Crippen molar-refractivity contribution in [2.75, 3.05) is 38.0 Å². The molecule has 0 aliphatic carbocycles. The molecule has 2 amide bonds. The first kappa shape index (κ1) is 15.6. The van der Waals surface area contributed by atoms with E-state index in [0.717, 1.165) is 5.69 Å². The fourth-order valence-electron chi connectivity index (χ4n) is 2.25. The topological polar surface area (TPSA) is 65.5 Å². The van der Waals surface area contributed by atoms with Crippen molar-refractivity contribution < 1.29 is 9.59 Å². The van der Waals surface area contributed by atoms with Gasteiger partial charge in [-0.1, -0.05) is 11.6 Å². The van der Waals surface area contributed by atoms with Crippen molar-refractivity contribution in [1.82, 2.24) is 14.8 Å². The normalized spacial score (nSPS) is 15.0. The maximum Gasteiger partial charge on any atom is 0.224 e. The van der Waals surface area contributed by atoms with E-state index in [1.165, 1.54) is 0 Å². The predicted octanol–water partition coefficient (Wildman–Crippen LogP) is 1.23. The van der Waals surface area contributed by atoms with Gasteiger partial charge in [0.25, 0.3) is 0 Å². The van der Waals surface area contributed by atoms with Gasteiger partial charge in [-0.2, -0.15) is 0 Å². The van der Waals surface area contributed by atoms with Gasteiger partial charge >= 0.3 is 0 Å². The number of hydrogen-bond acceptors (Lipinski definition) is 4. The minimum absolute atomic E-state index is 0.0658. The lowest BCUT2D eigenvalue weighted by molar-refractivity contribution is -0.138.